The van der Waals surface area contributed by atoms with E-state index in [4.69, 9.17) is 19.7 Å². The molecule has 1 amide bonds. The zero-order chi connectivity index (χ0) is 20.4. The molecule has 0 saturated heterocycles. The summed E-state index contributed by atoms with van der Waals surface area (Å²) in [4.78, 5) is 23.0. The number of rotatable bonds is 9. The molecule has 1 atom stereocenters. The molecule has 0 heterocycles. The summed E-state index contributed by atoms with van der Waals surface area (Å²) in [5.41, 5.74) is 1.20. The van der Waals surface area contributed by atoms with E-state index in [0.29, 0.717) is 17.0 Å². The second-order valence-electron chi connectivity index (χ2n) is 5.65. The largest absolute Gasteiger partial charge is 0.491 e. The first-order valence-electron chi connectivity index (χ1n) is 8.44. The van der Waals surface area contributed by atoms with E-state index in [2.05, 4.69) is 21.2 Å². The molecule has 0 unspecified atom stereocenters. The minimum atomic E-state index is -1.09. The van der Waals surface area contributed by atoms with Crippen LogP contribution in [0.5, 0.6) is 5.75 Å². The molecule has 0 aliphatic heterocycles. The van der Waals surface area contributed by atoms with E-state index in [1.807, 2.05) is 0 Å². The fourth-order valence-electron chi connectivity index (χ4n) is 2.32. The summed E-state index contributed by atoms with van der Waals surface area (Å²) >= 11 is 3.32. The molecule has 0 fully saturated rings. The number of carbonyl (C=O) groups is 2. The minimum Gasteiger partial charge on any atom is -0.491 e. The average Bonchev–Trinajstić information content (AvgIpc) is 2.67. The van der Waals surface area contributed by atoms with E-state index < -0.39 is 18.2 Å². The molecule has 3 N–H and O–H groups in total. The number of ether oxygens (including phenoxy) is 2. The van der Waals surface area contributed by atoms with Crippen molar-refractivity contribution in [3.05, 3.63) is 70.7 Å². The van der Waals surface area contributed by atoms with Crippen molar-refractivity contribution in [2.75, 3.05) is 18.5 Å². The molecule has 8 heteroatoms. The van der Waals surface area contributed by atoms with Gasteiger partial charge in [-0.05, 0) is 42.0 Å². The predicted octanol–water partition coefficient (Wildman–Crippen LogP) is 4.14. The Hall–Kier alpha value is -2.84. The van der Waals surface area contributed by atoms with Crippen LogP contribution in [0.1, 0.15) is 18.1 Å². The van der Waals surface area contributed by atoms with E-state index in [-0.39, 0.29) is 19.6 Å². The van der Waals surface area contributed by atoms with Crippen LogP contribution < -0.4 is 10.1 Å². The molecule has 7 nitrogen and oxygen atoms in total. The van der Waals surface area contributed by atoms with E-state index in [0.717, 1.165) is 10.5 Å². The quantitative estimate of drug-likeness (QED) is 0.496. The van der Waals surface area contributed by atoms with Crippen LogP contribution in [0, 0.1) is 0 Å². The number of benzene rings is 2. The van der Waals surface area contributed by atoms with Crippen molar-refractivity contribution < 1.29 is 29.3 Å². The first-order valence-corrected chi connectivity index (χ1v) is 9.23. The molecule has 2 aromatic carbocycles. The fourth-order valence-corrected chi connectivity index (χ4v) is 2.59. The van der Waals surface area contributed by atoms with Gasteiger partial charge in [-0.15, -0.1) is 0 Å². The van der Waals surface area contributed by atoms with Gasteiger partial charge in [-0.2, -0.15) is 0 Å². The monoisotopic (exact) mass is 449 g/mol. The Morgan fingerprint density at radius 2 is 1.93 bits per heavy atom. The van der Waals surface area contributed by atoms with Crippen molar-refractivity contribution in [2.24, 2.45) is 0 Å². The van der Waals surface area contributed by atoms with Gasteiger partial charge in [-0.25, -0.2) is 9.59 Å². The number of carboxylic acid groups (broad SMARTS) is 1. The van der Waals surface area contributed by atoms with Crippen molar-refractivity contribution in [1.82, 2.24) is 0 Å². The summed E-state index contributed by atoms with van der Waals surface area (Å²) in [6.07, 6.45) is 1.20. The maximum absolute atomic E-state index is 12.3. The molecule has 0 bridgehead atoms. The van der Waals surface area contributed by atoms with Gasteiger partial charge in [0, 0.05) is 22.7 Å². The SMILES string of the molecule is O=C(O)/C=C/C[C@H](OC(=O)Nc1ccc(Br)cc1)c1cccc(OCCO)c1. The summed E-state index contributed by atoms with van der Waals surface area (Å²) in [6.45, 7) is 0.0129. The number of nitrogens with one attached hydrogen (secondary N) is 1. The van der Waals surface area contributed by atoms with Crippen LogP contribution in [-0.2, 0) is 9.53 Å². The second kappa shape index (κ2) is 11.1. The van der Waals surface area contributed by atoms with Crippen LogP contribution >= 0.6 is 15.9 Å². The van der Waals surface area contributed by atoms with Crippen LogP contribution in [-0.4, -0.2) is 35.5 Å². The summed E-state index contributed by atoms with van der Waals surface area (Å²) in [7, 11) is 0. The number of aliphatic hydroxyl groups is 1. The number of carbonyl (C=O) groups excluding carboxylic acids is 1. The highest BCUT2D eigenvalue weighted by atomic mass is 79.9. The molecule has 2 rings (SSSR count). The zero-order valence-electron chi connectivity index (χ0n) is 14.9. The molecule has 0 radical (unpaired) electrons. The third kappa shape index (κ3) is 7.42. The maximum Gasteiger partial charge on any atom is 0.412 e. The van der Waals surface area contributed by atoms with Crippen molar-refractivity contribution in [2.45, 2.75) is 12.5 Å². The molecule has 0 aliphatic carbocycles. The summed E-state index contributed by atoms with van der Waals surface area (Å²) in [5.74, 6) is -0.575. The third-order valence-electron chi connectivity index (χ3n) is 3.54. The number of aliphatic carboxylic acids is 1. The molecular weight excluding hydrogens is 430 g/mol. The van der Waals surface area contributed by atoms with Crippen molar-refractivity contribution in [1.29, 1.82) is 0 Å². The van der Waals surface area contributed by atoms with Crippen molar-refractivity contribution >= 4 is 33.7 Å². The normalized spacial score (nSPS) is 11.8. The van der Waals surface area contributed by atoms with Crippen LogP contribution in [0.2, 0.25) is 0 Å². The molecule has 148 valence electrons. The van der Waals surface area contributed by atoms with Crippen molar-refractivity contribution in [3.63, 3.8) is 0 Å². The Morgan fingerprint density at radius 3 is 2.61 bits per heavy atom. The Bertz CT molecular complexity index is 822. The number of aliphatic hydroxyl groups excluding tert-OH is 1. The molecule has 0 saturated carbocycles. The Balaban J connectivity index is 2.12. The van der Waals surface area contributed by atoms with Gasteiger partial charge in [0.15, 0.2) is 0 Å². The van der Waals surface area contributed by atoms with E-state index in [1.165, 1.54) is 6.08 Å². The van der Waals surface area contributed by atoms with E-state index >= 15 is 0 Å². The van der Waals surface area contributed by atoms with Gasteiger partial charge >= 0.3 is 12.1 Å². The Kier molecular flexibility index (Phi) is 8.51. The molecule has 0 spiro atoms. The van der Waals surface area contributed by atoms with Gasteiger partial charge in [0.2, 0.25) is 0 Å². The van der Waals surface area contributed by atoms with Gasteiger partial charge in [0.25, 0.3) is 0 Å². The summed E-state index contributed by atoms with van der Waals surface area (Å²) in [6, 6.07) is 13.9. The predicted molar refractivity (Wildman–Crippen MR) is 107 cm³/mol. The second-order valence-corrected chi connectivity index (χ2v) is 6.56. The van der Waals surface area contributed by atoms with Gasteiger partial charge in [0.1, 0.15) is 18.5 Å². The molecule has 28 heavy (non-hydrogen) atoms. The fraction of sp³-hybridized carbons (Fsp3) is 0.200. The lowest BCUT2D eigenvalue weighted by Gasteiger charge is -2.18. The van der Waals surface area contributed by atoms with E-state index in [1.54, 1.807) is 48.5 Å². The molecule has 0 aromatic heterocycles. The standard InChI is InChI=1S/C20H20BrNO6/c21-15-7-9-16(10-8-15)22-20(26)28-18(5-2-6-19(24)25)14-3-1-4-17(13-14)27-12-11-23/h1-4,6-10,13,18,23H,5,11-12H2,(H,22,26)(H,24,25)/b6-2+/t18-/m0/s1. The van der Waals surface area contributed by atoms with Crippen molar-refractivity contribution in [3.8, 4) is 5.75 Å². The number of anilines is 1. The summed E-state index contributed by atoms with van der Waals surface area (Å²) < 4.78 is 11.8. The van der Waals surface area contributed by atoms with Gasteiger partial charge in [0.05, 0.1) is 6.61 Å². The Morgan fingerprint density at radius 1 is 1.18 bits per heavy atom. The highest BCUT2D eigenvalue weighted by molar-refractivity contribution is 9.10. The average molecular weight is 450 g/mol. The maximum atomic E-state index is 12.3. The first-order chi connectivity index (χ1) is 13.5. The lowest BCUT2D eigenvalue weighted by molar-refractivity contribution is -0.131. The first kappa shape index (κ1) is 21.5. The van der Waals surface area contributed by atoms with Gasteiger partial charge in [-0.3, -0.25) is 5.32 Å². The lowest BCUT2D eigenvalue weighted by Crippen LogP contribution is -2.17. The number of hydrogen-bond acceptors (Lipinski definition) is 5. The highest BCUT2D eigenvalue weighted by Gasteiger charge is 2.17. The number of carboxylic acids is 1. The molecular formula is C20H20BrNO6. The minimum absolute atomic E-state index is 0.124. The van der Waals surface area contributed by atoms with Crippen LogP contribution in [0.3, 0.4) is 0 Å². The van der Waals surface area contributed by atoms with Crippen LogP contribution in [0.25, 0.3) is 0 Å². The molecule has 0 aliphatic rings. The zero-order valence-corrected chi connectivity index (χ0v) is 16.5. The number of hydrogen-bond donors (Lipinski definition) is 3. The summed E-state index contributed by atoms with van der Waals surface area (Å²) in [5, 5.41) is 20.3. The number of halogens is 1. The van der Waals surface area contributed by atoms with Crippen LogP contribution in [0.4, 0.5) is 10.5 Å². The third-order valence-corrected chi connectivity index (χ3v) is 4.07. The smallest absolute Gasteiger partial charge is 0.412 e. The lowest BCUT2D eigenvalue weighted by atomic mass is 10.1. The van der Waals surface area contributed by atoms with E-state index in [9.17, 15) is 9.59 Å². The Labute approximate surface area is 170 Å². The van der Waals surface area contributed by atoms with Gasteiger partial charge < -0.3 is 19.7 Å². The highest BCUT2D eigenvalue weighted by Crippen LogP contribution is 2.26. The number of amides is 1. The van der Waals surface area contributed by atoms with Crippen LogP contribution in [0.15, 0.2) is 65.2 Å². The van der Waals surface area contributed by atoms with Gasteiger partial charge in [-0.1, -0.05) is 34.1 Å². The topological polar surface area (TPSA) is 105 Å². The molecule has 2 aromatic rings.